The van der Waals surface area contributed by atoms with Gasteiger partial charge in [0.1, 0.15) is 0 Å². The van der Waals surface area contributed by atoms with E-state index in [1.807, 2.05) is 18.2 Å². The zero-order valence-electron chi connectivity index (χ0n) is 11.8. The number of pyridine rings is 1. The van der Waals surface area contributed by atoms with Gasteiger partial charge in [-0.2, -0.15) is 0 Å². The molecule has 0 saturated carbocycles. The van der Waals surface area contributed by atoms with Crippen LogP contribution in [-0.4, -0.2) is 55.9 Å². The van der Waals surface area contributed by atoms with E-state index >= 15 is 0 Å². The van der Waals surface area contributed by atoms with Crippen molar-refractivity contribution < 1.29 is 9.47 Å². The van der Waals surface area contributed by atoms with Crippen LogP contribution in [0.4, 0.5) is 0 Å². The molecule has 1 fully saturated rings. The number of likely N-dealkylation sites (N-methyl/N-ethyl adjacent to an activating group) is 1. The largest absolute Gasteiger partial charge is 0.481 e. The van der Waals surface area contributed by atoms with Gasteiger partial charge in [-0.1, -0.05) is 13.0 Å². The highest BCUT2D eigenvalue weighted by Gasteiger charge is 2.22. The molecule has 0 aromatic carbocycles. The van der Waals surface area contributed by atoms with Crippen LogP contribution in [0.15, 0.2) is 18.2 Å². The molecule has 0 bridgehead atoms. The molecule has 2 rings (SSSR count). The highest BCUT2D eigenvalue weighted by Crippen LogP contribution is 2.13. The Labute approximate surface area is 114 Å². The first-order valence-electron chi connectivity index (χ1n) is 6.86. The van der Waals surface area contributed by atoms with Crippen molar-refractivity contribution >= 4 is 0 Å². The molecular formula is C14H23N3O2. The van der Waals surface area contributed by atoms with Gasteiger partial charge < -0.3 is 14.8 Å². The fraction of sp³-hybridized carbons (Fsp3) is 0.643. The lowest BCUT2D eigenvalue weighted by molar-refractivity contribution is -0.0113. The number of nitrogens with one attached hydrogen (secondary N) is 1. The van der Waals surface area contributed by atoms with E-state index < -0.39 is 0 Å². The van der Waals surface area contributed by atoms with Crippen molar-refractivity contribution in [3.8, 4) is 5.88 Å². The first kappa shape index (κ1) is 14.2. The van der Waals surface area contributed by atoms with Crippen LogP contribution in [0.5, 0.6) is 5.88 Å². The van der Waals surface area contributed by atoms with Gasteiger partial charge in [0.15, 0.2) is 0 Å². The molecule has 5 nitrogen and oxygen atoms in total. The molecule has 0 radical (unpaired) electrons. The first-order chi connectivity index (χ1) is 9.33. The zero-order valence-corrected chi connectivity index (χ0v) is 11.8. The van der Waals surface area contributed by atoms with E-state index in [0.29, 0.717) is 11.9 Å². The van der Waals surface area contributed by atoms with E-state index in [2.05, 4.69) is 22.1 Å². The lowest BCUT2D eigenvalue weighted by Crippen LogP contribution is -2.49. The van der Waals surface area contributed by atoms with Crippen molar-refractivity contribution in [2.24, 2.45) is 0 Å². The summed E-state index contributed by atoms with van der Waals surface area (Å²) in [6.07, 6.45) is 0. The van der Waals surface area contributed by atoms with Crippen LogP contribution < -0.4 is 10.1 Å². The number of methoxy groups -OCH3 is 1. The van der Waals surface area contributed by atoms with Crippen LogP contribution >= 0.6 is 0 Å². The Hall–Kier alpha value is -1.17. The number of rotatable bonds is 6. The molecule has 0 aliphatic carbocycles. The van der Waals surface area contributed by atoms with Gasteiger partial charge in [-0.05, 0) is 12.6 Å². The maximum atomic E-state index is 5.57. The first-order valence-corrected chi connectivity index (χ1v) is 6.86. The highest BCUT2D eigenvalue weighted by atomic mass is 16.5. The molecule has 0 spiro atoms. The summed E-state index contributed by atoms with van der Waals surface area (Å²) in [6, 6.07) is 6.32. The molecule has 1 aromatic rings. The molecule has 1 saturated heterocycles. The fourth-order valence-electron chi connectivity index (χ4n) is 2.26. The van der Waals surface area contributed by atoms with Crippen molar-refractivity contribution in [3.63, 3.8) is 0 Å². The normalized spacial score (nSPS) is 20.4. The molecule has 1 unspecified atom stereocenters. The van der Waals surface area contributed by atoms with Crippen molar-refractivity contribution in [3.05, 3.63) is 23.9 Å². The molecule has 1 N–H and O–H groups in total. The summed E-state index contributed by atoms with van der Waals surface area (Å²) in [4.78, 5) is 6.90. The second kappa shape index (κ2) is 7.43. The minimum Gasteiger partial charge on any atom is -0.481 e. The molecule has 0 amide bonds. The smallest absolute Gasteiger partial charge is 0.213 e. The number of hydrogen-bond acceptors (Lipinski definition) is 5. The number of aromatic nitrogens is 1. The maximum absolute atomic E-state index is 5.57. The molecule has 19 heavy (non-hydrogen) atoms. The third-order valence-electron chi connectivity index (χ3n) is 3.33. The van der Waals surface area contributed by atoms with Gasteiger partial charge >= 0.3 is 0 Å². The minimum atomic E-state index is 0.418. The van der Waals surface area contributed by atoms with Gasteiger partial charge in [0.05, 0.1) is 26.0 Å². The molecule has 1 aromatic heterocycles. The number of morpholine rings is 1. The number of ether oxygens (including phenoxy) is 2. The van der Waals surface area contributed by atoms with E-state index in [1.54, 1.807) is 7.11 Å². The molecule has 2 heterocycles. The Morgan fingerprint density at radius 3 is 3.21 bits per heavy atom. The average molecular weight is 265 g/mol. The summed E-state index contributed by atoms with van der Waals surface area (Å²) in [6.45, 7) is 7.45. The number of hydrogen-bond donors (Lipinski definition) is 1. The quantitative estimate of drug-likeness (QED) is 0.828. The molecule has 106 valence electrons. The van der Waals surface area contributed by atoms with Crippen molar-refractivity contribution in [2.75, 3.05) is 40.0 Å². The molecule has 5 heteroatoms. The minimum absolute atomic E-state index is 0.418. The summed E-state index contributed by atoms with van der Waals surface area (Å²) in [5, 5.41) is 3.39. The summed E-state index contributed by atoms with van der Waals surface area (Å²) in [5.74, 6) is 0.675. The van der Waals surface area contributed by atoms with Crippen LogP contribution in [0.3, 0.4) is 0 Å². The monoisotopic (exact) mass is 265 g/mol. The lowest BCUT2D eigenvalue weighted by Gasteiger charge is -2.35. The Morgan fingerprint density at radius 2 is 2.42 bits per heavy atom. The van der Waals surface area contributed by atoms with E-state index in [-0.39, 0.29) is 0 Å². The highest BCUT2D eigenvalue weighted by molar-refractivity contribution is 5.15. The van der Waals surface area contributed by atoms with Crippen LogP contribution in [0, 0.1) is 0 Å². The van der Waals surface area contributed by atoms with Crippen LogP contribution in [0.2, 0.25) is 0 Å². The summed E-state index contributed by atoms with van der Waals surface area (Å²) >= 11 is 0. The third-order valence-corrected chi connectivity index (χ3v) is 3.33. The van der Waals surface area contributed by atoms with Crippen LogP contribution in [0.1, 0.15) is 12.6 Å². The van der Waals surface area contributed by atoms with E-state index in [4.69, 9.17) is 9.47 Å². The van der Waals surface area contributed by atoms with Gasteiger partial charge in [-0.3, -0.25) is 4.90 Å². The SMILES string of the molecule is CCNCC1COCCN1Cc1cccc(OC)n1. The molecular weight excluding hydrogens is 242 g/mol. The fourth-order valence-corrected chi connectivity index (χ4v) is 2.26. The van der Waals surface area contributed by atoms with Gasteiger partial charge in [0.2, 0.25) is 5.88 Å². The third kappa shape index (κ3) is 4.16. The maximum Gasteiger partial charge on any atom is 0.213 e. The average Bonchev–Trinajstić information content (AvgIpc) is 2.46. The van der Waals surface area contributed by atoms with E-state index in [9.17, 15) is 0 Å². The molecule has 1 aliphatic heterocycles. The van der Waals surface area contributed by atoms with Crippen molar-refractivity contribution in [2.45, 2.75) is 19.5 Å². The topological polar surface area (TPSA) is 46.6 Å². The number of nitrogens with zero attached hydrogens (tertiary/aromatic N) is 2. The summed E-state index contributed by atoms with van der Waals surface area (Å²) in [5.41, 5.74) is 1.04. The van der Waals surface area contributed by atoms with Gasteiger partial charge in [0.25, 0.3) is 0 Å². The predicted molar refractivity (Wildman–Crippen MR) is 74.3 cm³/mol. The molecule has 1 atom stereocenters. The predicted octanol–water partition coefficient (Wildman–Crippen LogP) is 0.900. The second-order valence-corrected chi connectivity index (χ2v) is 4.68. The Bertz CT molecular complexity index is 387. The van der Waals surface area contributed by atoms with E-state index in [1.165, 1.54) is 0 Å². The zero-order chi connectivity index (χ0) is 13.5. The summed E-state index contributed by atoms with van der Waals surface area (Å²) in [7, 11) is 1.65. The van der Waals surface area contributed by atoms with Crippen molar-refractivity contribution in [1.29, 1.82) is 0 Å². The summed E-state index contributed by atoms with van der Waals surface area (Å²) < 4.78 is 10.7. The van der Waals surface area contributed by atoms with E-state index in [0.717, 1.165) is 45.1 Å². The standard InChI is InChI=1S/C14H23N3O2/c1-3-15-9-13-11-19-8-7-17(13)10-12-5-4-6-14(16-12)18-2/h4-6,13,15H,3,7-11H2,1-2H3. The van der Waals surface area contributed by atoms with Crippen molar-refractivity contribution in [1.82, 2.24) is 15.2 Å². The Kier molecular flexibility index (Phi) is 5.57. The lowest BCUT2D eigenvalue weighted by atomic mass is 10.2. The van der Waals surface area contributed by atoms with Crippen LogP contribution in [0.25, 0.3) is 0 Å². The van der Waals surface area contributed by atoms with Gasteiger partial charge in [-0.25, -0.2) is 4.98 Å². The van der Waals surface area contributed by atoms with Gasteiger partial charge in [0, 0.05) is 31.7 Å². The van der Waals surface area contributed by atoms with Gasteiger partial charge in [-0.15, -0.1) is 0 Å². The molecule has 1 aliphatic rings. The second-order valence-electron chi connectivity index (χ2n) is 4.68. The van der Waals surface area contributed by atoms with Crippen LogP contribution in [-0.2, 0) is 11.3 Å². The Balaban J connectivity index is 1.97. The Morgan fingerprint density at radius 1 is 1.53 bits per heavy atom.